The Hall–Kier alpha value is -1.77. The molecule has 3 rings (SSSR count). The number of amides is 1. The number of aromatic nitrogens is 2. The van der Waals surface area contributed by atoms with E-state index in [0.717, 1.165) is 12.6 Å². The molecule has 1 aliphatic heterocycles. The molecule has 1 atom stereocenters. The molecule has 1 aliphatic rings. The molecule has 0 radical (unpaired) electrons. The van der Waals surface area contributed by atoms with Gasteiger partial charge in [-0.3, -0.25) is 4.79 Å². The maximum absolute atomic E-state index is 13.6. The van der Waals surface area contributed by atoms with E-state index in [-0.39, 0.29) is 30.7 Å². The second-order valence-corrected chi connectivity index (χ2v) is 6.38. The number of hydrogen-bond donors (Lipinski definition) is 1. The fraction of sp³-hybridized carbons (Fsp3) is 0.375. The number of nitrogens with two attached hydrogens (primary N) is 1. The van der Waals surface area contributed by atoms with E-state index in [1.54, 1.807) is 0 Å². The third kappa shape index (κ3) is 4.13. The van der Waals surface area contributed by atoms with E-state index in [2.05, 4.69) is 5.10 Å². The van der Waals surface area contributed by atoms with Gasteiger partial charge in [0.15, 0.2) is 5.69 Å². The summed E-state index contributed by atoms with van der Waals surface area (Å²) in [7, 11) is 0. The number of rotatable bonds is 2. The van der Waals surface area contributed by atoms with Gasteiger partial charge in [-0.25, -0.2) is 4.68 Å². The molecule has 10 heteroatoms. The predicted octanol–water partition coefficient (Wildman–Crippen LogP) is 3.53. The van der Waals surface area contributed by atoms with Gasteiger partial charge in [0.25, 0.3) is 5.91 Å². The molecule has 2 aromatic rings. The highest BCUT2D eigenvalue weighted by molar-refractivity contribution is 6.30. The predicted molar refractivity (Wildman–Crippen MR) is 93.9 cm³/mol. The highest BCUT2D eigenvalue weighted by Gasteiger charge is 2.41. The first-order valence-corrected chi connectivity index (χ1v) is 8.11. The van der Waals surface area contributed by atoms with Gasteiger partial charge in [0.1, 0.15) is 0 Å². The molecule has 1 aromatic carbocycles. The number of carbonyl (C=O) groups is 1. The number of alkyl halides is 3. The van der Waals surface area contributed by atoms with E-state index in [9.17, 15) is 18.0 Å². The highest BCUT2D eigenvalue weighted by atomic mass is 35.5. The van der Waals surface area contributed by atoms with E-state index in [0.29, 0.717) is 22.7 Å². The van der Waals surface area contributed by atoms with Crippen molar-refractivity contribution in [2.45, 2.75) is 25.1 Å². The van der Waals surface area contributed by atoms with Crippen molar-refractivity contribution in [2.75, 3.05) is 13.1 Å². The molecular weight excluding hydrogens is 392 g/mol. The summed E-state index contributed by atoms with van der Waals surface area (Å²) in [5, 5.41) is 4.18. The summed E-state index contributed by atoms with van der Waals surface area (Å²) in [5.74, 6) is -0.706. The van der Waals surface area contributed by atoms with Gasteiger partial charge < -0.3 is 10.6 Å². The summed E-state index contributed by atoms with van der Waals surface area (Å²) < 4.78 is 41.6. The lowest BCUT2D eigenvalue weighted by Gasteiger charge is -2.30. The summed E-state index contributed by atoms with van der Waals surface area (Å²) in [4.78, 5) is 14.0. The molecule has 1 unspecified atom stereocenters. The van der Waals surface area contributed by atoms with E-state index < -0.39 is 23.3 Å². The van der Waals surface area contributed by atoms with Crippen molar-refractivity contribution in [1.82, 2.24) is 14.7 Å². The number of hydrogen-bond acceptors (Lipinski definition) is 3. The highest BCUT2D eigenvalue weighted by Crippen LogP contribution is 2.34. The molecule has 1 aromatic heterocycles. The first-order valence-electron chi connectivity index (χ1n) is 7.73. The Morgan fingerprint density at radius 3 is 2.50 bits per heavy atom. The first-order chi connectivity index (χ1) is 11.8. The van der Waals surface area contributed by atoms with Crippen LogP contribution in [0.4, 0.5) is 13.2 Å². The van der Waals surface area contributed by atoms with Crippen molar-refractivity contribution in [3.63, 3.8) is 0 Å². The quantitative estimate of drug-likeness (QED) is 0.826. The van der Waals surface area contributed by atoms with Crippen molar-refractivity contribution in [3.05, 3.63) is 46.7 Å². The van der Waals surface area contributed by atoms with Crippen LogP contribution in [-0.4, -0.2) is 39.7 Å². The largest absolute Gasteiger partial charge is 0.434 e. The molecule has 1 saturated heterocycles. The summed E-state index contributed by atoms with van der Waals surface area (Å²) >= 11 is 5.78. The summed E-state index contributed by atoms with van der Waals surface area (Å²) in [6, 6.07) is 5.53. The second-order valence-electron chi connectivity index (χ2n) is 5.95. The minimum atomic E-state index is -4.74. The Balaban J connectivity index is 0.00000243. The number of halogens is 5. The molecule has 0 bridgehead atoms. The molecule has 1 amide bonds. The van der Waals surface area contributed by atoms with Gasteiger partial charge in [-0.15, -0.1) is 12.4 Å². The molecule has 142 valence electrons. The fourth-order valence-electron chi connectivity index (χ4n) is 2.92. The van der Waals surface area contributed by atoms with Gasteiger partial charge in [-0.1, -0.05) is 11.6 Å². The van der Waals surface area contributed by atoms with Crippen molar-refractivity contribution in [3.8, 4) is 5.69 Å². The van der Waals surface area contributed by atoms with Crippen LogP contribution in [0.15, 0.2) is 30.5 Å². The molecule has 26 heavy (non-hydrogen) atoms. The number of likely N-dealkylation sites (tertiary alicyclic amines) is 1. The standard InChI is InChI=1S/C16H16ClF3N4O.ClH/c17-10-3-5-12(6-4-10)24-14(16(18,19)20)13(8-22-24)15(25)23-7-1-2-11(21)9-23;/h3-6,8,11H,1-2,7,9,21H2;1H. The molecule has 2 N–H and O–H groups in total. The Labute approximate surface area is 159 Å². The molecule has 2 heterocycles. The monoisotopic (exact) mass is 408 g/mol. The van der Waals surface area contributed by atoms with Crippen molar-refractivity contribution in [1.29, 1.82) is 0 Å². The van der Waals surface area contributed by atoms with Crippen molar-refractivity contribution in [2.24, 2.45) is 5.73 Å². The van der Waals surface area contributed by atoms with Crippen molar-refractivity contribution >= 4 is 29.9 Å². The smallest absolute Gasteiger partial charge is 0.337 e. The number of nitrogens with zero attached hydrogens (tertiary/aromatic N) is 3. The topological polar surface area (TPSA) is 64.2 Å². The maximum Gasteiger partial charge on any atom is 0.434 e. The van der Waals surface area contributed by atoms with Gasteiger partial charge in [0.2, 0.25) is 0 Å². The summed E-state index contributed by atoms with van der Waals surface area (Å²) in [5.41, 5.74) is 4.42. The molecule has 0 aliphatic carbocycles. The lowest BCUT2D eigenvalue weighted by molar-refractivity contribution is -0.143. The van der Waals surface area contributed by atoms with Gasteiger partial charge in [-0.05, 0) is 37.1 Å². The number of carbonyl (C=O) groups excluding carboxylic acids is 1. The zero-order valence-corrected chi connectivity index (χ0v) is 15.1. The maximum atomic E-state index is 13.6. The molecule has 0 spiro atoms. The average Bonchev–Trinajstić information content (AvgIpc) is 3.00. The molecular formula is C16H17Cl2F3N4O. The van der Waals surface area contributed by atoms with E-state index in [1.807, 2.05) is 0 Å². The van der Waals surface area contributed by atoms with Crippen LogP contribution in [-0.2, 0) is 6.18 Å². The van der Waals surface area contributed by atoms with Gasteiger partial charge in [-0.2, -0.15) is 18.3 Å². The fourth-order valence-corrected chi connectivity index (χ4v) is 3.05. The minimum Gasteiger partial charge on any atom is -0.337 e. The summed E-state index contributed by atoms with van der Waals surface area (Å²) in [6.45, 7) is 0.623. The molecule has 1 fully saturated rings. The molecule has 5 nitrogen and oxygen atoms in total. The van der Waals surface area contributed by atoms with Crippen LogP contribution in [0.25, 0.3) is 5.69 Å². The normalized spacial score (nSPS) is 17.7. The van der Waals surface area contributed by atoms with Gasteiger partial charge in [0, 0.05) is 24.2 Å². The Morgan fingerprint density at radius 2 is 1.92 bits per heavy atom. The van der Waals surface area contributed by atoms with Crippen LogP contribution < -0.4 is 5.73 Å². The van der Waals surface area contributed by atoms with Crippen LogP contribution in [0, 0.1) is 0 Å². The minimum absolute atomic E-state index is 0. The first kappa shape index (κ1) is 20.5. The average molecular weight is 409 g/mol. The van der Waals surface area contributed by atoms with Crippen LogP contribution in [0.2, 0.25) is 5.02 Å². The van der Waals surface area contributed by atoms with Gasteiger partial charge in [0.05, 0.1) is 17.4 Å². The van der Waals surface area contributed by atoms with E-state index in [4.69, 9.17) is 17.3 Å². The van der Waals surface area contributed by atoms with Crippen molar-refractivity contribution < 1.29 is 18.0 Å². The van der Waals surface area contributed by atoms with E-state index >= 15 is 0 Å². The SMILES string of the molecule is Cl.NC1CCCN(C(=O)c2cnn(-c3ccc(Cl)cc3)c2C(F)(F)F)C1. The lowest BCUT2D eigenvalue weighted by atomic mass is 10.1. The Bertz CT molecular complexity index is 777. The lowest BCUT2D eigenvalue weighted by Crippen LogP contribution is -2.46. The third-order valence-corrected chi connectivity index (χ3v) is 4.34. The second kappa shape index (κ2) is 7.85. The summed E-state index contributed by atoms with van der Waals surface area (Å²) in [6.07, 6.45) is -2.36. The molecule has 0 saturated carbocycles. The number of piperidine rings is 1. The van der Waals surface area contributed by atoms with Crippen LogP contribution in [0.3, 0.4) is 0 Å². The number of benzene rings is 1. The Morgan fingerprint density at radius 1 is 1.27 bits per heavy atom. The van der Waals surface area contributed by atoms with Crippen LogP contribution in [0.5, 0.6) is 0 Å². The zero-order valence-electron chi connectivity index (χ0n) is 13.5. The van der Waals surface area contributed by atoms with E-state index in [1.165, 1.54) is 29.2 Å². The van der Waals surface area contributed by atoms with Crippen LogP contribution >= 0.6 is 24.0 Å². The van der Waals surface area contributed by atoms with Crippen LogP contribution in [0.1, 0.15) is 28.9 Å². The zero-order chi connectivity index (χ0) is 18.2. The van der Waals surface area contributed by atoms with Gasteiger partial charge >= 0.3 is 6.18 Å². The Kier molecular flexibility index (Phi) is 6.21. The third-order valence-electron chi connectivity index (χ3n) is 4.08.